The molecule has 0 unspecified atom stereocenters. The third kappa shape index (κ3) is 11.9. The fraction of sp³-hybridized carbons (Fsp3) is 0. The van der Waals surface area contributed by atoms with Crippen LogP contribution in [0.4, 0.5) is 0 Å². The van der Waals surface area contributed by atoms with Gasteiger partial charge < -0.3 is 27.1 Å². The topological polar surface area (TPSA) is 123 Å². The highest BCUT2D eigenvalue weighted by Gasteiger charge is 2.32. The van der Waals surface area contributed by atoms with E-state index < -0.39 is 0 Å². The van der Waals surface area contributed by atoms with Crippen LogP contribution in [0.3, 0.4) is 0 Å². The van der Waals surface area contributed by atoms with Crippen molar-refractivity contribution in [2.24, 2.45) is 0 Å². The molecule has 0 N–H and O–H groups in total. The number of nitrogens with zero attached hydrogens (tertiary/aromatic N) is 10. The van der Waals surface area contributed by atoms with Crippen LogP contribution >= 0.6 is 0 Å². The van der Waals surface area contributed by atoms with Gasteiger partial charge in [0, 0.05) is 104 Å². The first kappa shape index (κ1) is 79.5. The second kappa shape index (κ2) is 31.0. The molecule has 23 aromatic carbocycles. The number of aromatic nitrogens is 10. The average molecular weight is 1830 g/mol. The Hall–Kier alpha value is -19.6. The predicted octanol–water partition coefficient (Wildman–Crippen LogP) is 34.5. The highest BCUT2D eigenvalue weighted by Crippen LogP contribution is 2.52. The molecule has 31 rings (SSSR count). The van der Waals surface area contributed by atoms with Crippen LogP contribution in [0, 0.1) is 0 Å². The summed E-state index contributed by atoms with van der Waals surface area (Å²) in [6, 6.07) is 166. The molecule has 666 valence electrons. The molecule has 31 aromatic rings. The van der Waals surface area contributed by atoms with Gasteiger partial charge in [0.05, 0.1) is 66.6 Å². The minimum atomic E-state index is 0.476. The second-order valence-corrected chi connectivity index (χ2v) is 37.8. The summed E-state index contributed by atoms with van der Waals surface area (Å²) >= 11 is 0. The Morgan fingerprint density at radius 1 is 0.167 bits per heavy atom. The maximum Gasteiger partial charge on any atom is 0.166 e. The van der Waals surface area contributed by atoms with Crippen molar-refractivity contribution in [2.45, 2.75) is 0 Å². The summed E-state index contributed by atoms with van der Waals surface area (Å²) in [7, 11) is 0. The van der Waals surface area contributed by atoms with Crippen molar-refractivity contribution in [3.8, 4) is 113 Å². The molecule has 0 spiro atoms. The molecule has 0 aliphatic carbocycles. The van der Waals surface area contributed by atoms with Gasteiger partial charge in [0.1, 0.15) is 22.3 Å². The maximum atomic E-state index is 7.55. The van der Waals surface area contributed by atoms with Crippen LogP contribution in [0.5, 0.6) is 0 Å². The fourth-order valence-corrected chi connectivity index (χ4v) is 23.7. The number of para-hydroxylation sites is 7. The third-order valence-electron chi connectivity index (χ3n) is 30.0. The average Bonchev–Trinajstić information content (AvgIpc) is 1.56. The SMILES string of the molecule is c1ccc(-c2ccc(-c3nc(-c4c(-n5c6ccccc6c6cc7ccccc7cc65)ccc5oc6cc7c(-c8cccc9c(-c%10nc(-c%11c(-n%12c%13cc%14ccccc%14cc%13c%13c%14ccccc%14ccc%13%12)ccc%12oc%13c%14ccccc%14ccc%13c%11%12)nc(-c%11cccc%12c%13ccccc%13n(-c%13ccccc%13)c%11%12)n%10)cccc89)cccc7cc6c45)nc(-c4cccc5c6ccccc6n(-c6ccccc6)c45)n3)cc2)cc1. The lowest BCUT2D eigenvalue weighted by atomic mass is 9.91. The first-order valence-corrected chi connectivity index (χ1v) is 48.9. The summed E-state index contributed by atoms with van der Waals surface area (Å²) in [5.74, 6) is 2.99. The summed E-state index contributed by atoms with van der Waals surface area (Å²) in [5, 5.41) is 25.5. The molecular formula is C132H76N10O2. The van der Waals surface area contributed by atoms with Gasteiger partial charge in [-0.2, -0.15) is 0 Å². The molecule has 0 saturated carbocycles. The van der Waals surface area contributed by atoms with Gasteiger partial charge in [0.25, 0.3) is 0 Å². The lowest BCUT2D eigenvalue weighted by Crippen LogP contribution is -2.05. The quantitative estimate of drug-likeness (QED) is 0.118. The van der Waals surface area contributed by atoms with Gasteiger partial charge in [-0.05, 0) is 209 Å². The van der Waals surface area contributed by atoms with E-state index in [1.807, 2.05) is 0 Å². The molecule has 12 heteroatoms. The molecule has 0 aliphatic heterocycles. The minimum Gasteiger partial charge on any atom is -0.456 e. The molecule has 8 heterocycles. The van der Waals surface area contributed by atoms with Gasteiger partial charge in [-0.15, -0.1) is 0 Å². The van der Waals surface area contributed by atoms with Gasteiger partial charge in [-0.1, -0.05) is 334 Å². The predicted molar refractivity (Wildman–Crippen MR) is 594 cm³/mol. The van der Waals surface area contributed by atoms with E-state index in [1.165, 1.54) is 0 Å². The first-order chi connectivity index (χ1) is 71.4. The Balaban J connectivity index is 0.648. The van der Waals surface area contributed by atoms with Crippen LogP contribution < -0.4 is 0 Å². The van der Waals surface area contributed by atoms with Crippen LogP contribution in [0.15, 0.2) is 470 Å². The molecule has 0 atom stereocenters. The van der Waals surface area contributed by atoms with Crippen LogP contribution in [0.2, 0.25) is 0 Å². The number of rotatable bonds is 12. The van der Waals surface area contributed by atoms with E-state index in [2.05, 4.69) is 479 Å². The van der Waals surface area contributed by atoms with Crippen molar-refractivity contribution in [3.63, 3.8) is 0 Å². The van der Waals surface area contributed by atoms with Crippen molar-refractivity contribution in [2.75, 3.05) is 0 Å². The number of hydrogen-bond acceptors (Lipinski definition) is 8. The molecule has 0 radical (unpaired) electrons. The summed E-state index contributed by atoms with van der Waals surface area (Å²) in [5.41, 5.74) is 24.1. The monoisotopic (exact) mass is 1830 g/mol. The minimum absolute atomic E-state index is 0.476. The summed E-state index contributed by atoms with van der Waals surface area (Å²) in [6.45, 7) is 0. The molecule has 0 aliphatic rings. The number of fused-ring (bicyclic) bond motifs is 26. The fourth-order valence-electron chi connectivity index (χ4n) is 23.7. The number of benzene rings is 23. The van der Waals surface area contributed by atoms with E-state index in [4.69, 9.17) is 38.7 Å². The molecule has 0 amide bonds. The van der Waals surface area contributed by atoms with Crippen molar-refractivity contribution in [1.82, 2.24) is 48.2 Å². The second-order valence-electron chi connectivity index (χ2n) is 37.8. The summed E-state index contributed by atoms with van der Waals surface area (Å²) < 4.78 is 24.5. The normalized spacial score (nSPS) is 12.2. The zero-order valence-corrected chi connectivity index (χ0v) is 77.2. The van der Waals surface area contributed by atoms with Crippen molar-refractivity contribution in [3.05, 3.63) is 461 Å². The highest BCUT2D eigenvalue weighted by atomic mass is 16.3. The number of furan rings is 2. The Labute approximate surface area is 821 Å². The van der Waals surface area contributed by atoms with Crippen molar-refractivity contribution in [1.29, 1.82) is 0 Å². The van der Waals surface area contributed by atoms with E-state index in [9.17, 15) is 0 Å². The molecule has 0 saturated heterocycles. The Morgan fingerprint density at radius 3 is 1.17 bits per heavy atom. The first-order valence-electron chi connectivity index (χ1n) is 48.9. The van der Waals surface area contributed by atoms with E-state index in [0.717, 1.165) is 257 Å². The van der Waals surface area contributed by atoms with Crippen molar-refractivity contribution >= 4 is 196 Å². The standard InChI is InChI=1S/C132H76N10O2/c1-4-29-77(30-5-1)78-59-61-81(62-60-78)127-133-129(102-54-27-51-98-95-44-18-21-56-108(95)139(124(98)102)87-38-6-2-7-39-87)137-131(134-127)123-112(141-110-58-23-20-46-97(110)105-71-82-33-10-12-35-84(82)74-114(105)141)67-69-116-121(123)107-73-86-37-24-47-94(104(86)76-118(107)143-116)92-48-25-50-93-91(92)49-26-53-100(93)128-135-130(103-55-28-52-99-96-45-19-22-57-109(96)140(125(99)103)88-40-8-3-9-41-88)138-132(136-128)122-113(68-70-117-120(122)101-65-63-80-32-15-17-43-90(80)126(101)144-117)142-111-66-64-79-31-14-16-42-89(79)119(111)106-72-83-34-11-13-36-85(83)75-115(106)142/h1-76H. The van der Waals surface area contributed by atoms with Gasteiger partial charge in [0.15, 0.2) is 34.9 Å². The van der Waals surface area contributed by atoms with Crippen LogP contribution in [0.1, 0.15) is 0 Å². The van der Waals surface area contributed by atoms with Crippen LogP contribution in [-0.4, -0.2) is 48.2 Å². The summed E-state index contributed by atoms with van der Waals surface area (Å²) in [4.78, 5) is 35.5. The molecule has 8 aromatic heterocycles. The lowest BCUT2D eigenvalue weighted by Gasteiger charge is -2.17. The Bertz CT molecular complexity index is 11000. The third-order valence-corrected chi connectivity index (χ3v) is 30.0. The lowest BCUT2D eigenvalue weighted by molar-refractivity contribution is 0.669. The van der Waals surface area contributed by atoms with E-state index >= 15 is 0 Å². The molecule has 0 bridgehead atoms. The molecule has 12 nitrogen and oxygen atoms in total. The van der Waals surface area contributed by atoms with Crippen LogP contribution in [-0.2, 0) is 0 Å². The molecule has 144 heavy (non-hydrogen) atoms. The smallest absolute Gasteiger partial charge is 0.166 e. The Kier molecular flexibility index (Phi) is 17.1. The maximum absolute atomic E-state index is 7.55. The van der Waals surface area contributed by atoms with Gasteiger partial charge in [0.2, 0.25) is 0 Å². The zero-order chi connectivity index (χ0) is 94.0. The summed E-state index contributed by atoms with van der Waals surface area (Å²) in [6.07, 6.45) is 0. The van der Waals surface area contributed by atoms with E-state index in [1.54, 1.807) is 0 Å². The highest BCUT2D eigenvalue weighted by molar-refractivity contribution is 6.27. The van der Waals surface area contributed by atoms with E-state index in [-0.39, 0.29) is 0 Å². The molecule has 0 fully saturated rings. The molecular weight excluding hydrogens is 1760 g/mol. The van der Waals surface area contributed by atoms with Gasteiger partial charge >= 0.3 is 0 Å². The number of hydrogen-bond donors (Lipinski definition) is 0. The van der Waals surface area contributed by atoms with Crippen molar-refractivity contribution < 1.29 is 8.83 Å². The van der Waals surface area contributed by atoms with E-state index in [0.29, 0.717) is 51.7 Å². The largest absolute Gasteiger partial charge is 0.456 e. The van der Waals surface area contributed by atoms with Crippen LogP contribution in [0.25, 0.3) is 309 Å². The van der Waals surface area contributed by atoms with Gasteiger partial charge in [-0.25, -0.2) is 29.9 Å². The van der Waals surface area contributed by atoms with Gasteiger partial charge in [-0.3, -0.25) is 0 Å². The Morgan fingerprint density at radius 2 is 0.556 bits per heavy atom. The zero-order valence-electron chi connectivity index (χ0n) is 77.2.